The number of ether oxygens (including phenoxy) is 2. The first kappa shape index (κ1) is 28.8. The van der Waals surface area contributed by atoms with E-state index in [-0.39, 0.29) is 12.0 Å². The second kappa shape index (κ2) is 12.0. The fourth-order valence-corrected chi connectivity index (χ4v) is 4.58. The van der Waals surface area contributed by atoms with Crippen LogP contribution in [0.2, 0.25) is 0 Å². The Morgan fingerprint density at radius 2 is 1.81 bits per heavy atom. The number of β-lactam (4-membered cyclic amide) rings is 1. The smallest absolute Gasteiger partial charge is 0.333 e. The molecule has 0 bridgehead atoms. The first-order valence-electron chi connectivity index (χ1n) is 11.1. The van der Waals surface area contributed by atoms with Gasteiger partial charge in [-0.25, -0.2) is 13.8 Å². The molecular formula is C23H33N5O7S. The Kier molecular flexibility index (Phi) is 9.59. The van der Waals surface area contributed by atoms with Crippen molar-refractivity contribution in [2.75, 3.05) is 14.2 Å². The Morgan fingerprint density at radius 1 is 1.19 bits per heavy atom. The summed E-state index contributed by atoms with van der Waals surface area (Å²) in [4.78, 5) is 53.6. The third-order valence-corrected chi connectivity index (χ3v) is 6.25. The molecule has 1 heterocycles. The van der Waals surface area contributed by atoms with Gasteiger partial charge in [-0.1, -0.05) is 18.7 Å². The zero-order valence-corrected chi connectivity index (χ0v) is 22.0. The number of urea groups is 1. The molecule has 12 nitrogen and oxygen atoms in total. The van der Waals surface area contributed by atoms with Crippen molar-refractivity contribution in [2.45, 2.75) is 57.2 Å². The van der Waals surface area contributed by atoms with E-state index >= 15 is 0 Å². The molecule has 4 amide bonds. The molecule has 0 spiro atoms. The highest BCUT2D eigenvalue weighted by molar-refractivity contribution is 7.83. The second-order valence-electron chi connectivity index (χ2n) is 9.09. The van der Waals surface area contributed by atoms with Gasteiger partial charge in [0.2, 0.25) is 11.8 Å². The van der Waals surface area contributed by atoms with Gasteiger partial charge >= 0.3 is 12.0 Å². The number of carbonyl (C=O) groups is 4. The normalized spacial score (nSPS) is 18.8. The molecule has 198 valence electrons. The van der Waals surface area contributed by atoms with Crippen LogP contribution in [-0.2, 0) is 36.5 Å². The molecule has 0 aromatic heterocycles. The van der Waals surface area contributed by atoms with Gasteiger partial charge in [-0.3, -0.25) is 15.0 Å². The standard InChI is InChI=1S/C23H33N5O7S/c1-13(2)18(21(31)35-23(3,4)5)28-19(30)17(20(28)36(33)27-26-22(32)24-6)25-16(29)12-14-8-10-15(34-7)11-9-14/h8-11,17-18,20,27H,1,12H2,2-7H3,(H,25,29)(H2,24,26,32). The van der Waals surface area contributed by atoms with Gasteiger partial charge in [0.05, 0.1) is 13.5 Å². The van der Waals surface area contributed by atoms with Crippen molar-refractivity contribution in [2.24, 2.45) is 0 Å². The number of nitrogens with one attached hydrogen (secondary N) is 4. The van der Waals surface area contributed by atoms with Crippen molar-refractivity contribution in [3.63, 3.8) is 0 Å². The molecular weight excluding hydrogens is 490 g/mol. The summed E-state index contributed by atoms with van der Waals surface area (Å²) in [5.41, 5.74) is 2.28. The fourth-order valence-electron chi connectivity index (χ4n) is 3.40. The molecule has 4 atom stereocenters. The summed E-state index contributed by atoms with van der Waals surface area (Å²) >= 11 is 0. The van der Waals surface area contributed by atoms with Crippen LogP contribution in [0.15, 0.2) is 36.4 Å². The lowest BCUT2D eigenvalue weighted by Crippen LogP contribution is -2.77. The highest BCUT2D eigenvalue weighted by Gasteiger charge is 2.56. The fraction of sp³-hybridized carbons (Fsp3) is 0.478. The molecule has 0 saturated carbocycles. The van der Waals surface area contributed by atoms with E-state index in [1.165, 1.54) is 21.1 Å². The molecule has 36 heavy (non-hydrogen) atoms. The number of rotatable bonds is 10. The first-order chi connectivity index (χ1) is 16.8. The van der Waals surface area contributed by atoms with Crippen LogP contribution in [0.25, 0.3) is 0 Å². The van der Waals surface area contributed by atoms with Gasteiger partial charge in [-0.2, -0.15) is 0 Å². The Balaban J connectivity index is 2.26. The zero-order valence-electron chi connectivity index (χ0n) is 21.2. The van der Waals surface area contributed by atoms with Crippen molar-refractivity contribution < 1.29 is 32.9 Å². The maximum atomic E-state index is 13.1. The van der Waals surface area contributed by atoms with Crippen molar-refractivity contribution >= 4 is 34.8 Å². The zero-order chi connectivity index (χ0) is 27.2. The molecule has 0 aliphatic carbocycles. The molecule has 1 saturated heterocycles. The number of carbonyl (C=O) groups excluding carboxylic acids is 4. The van der Waals surface area contributed by atoms with Crippen molar-refractivity contribution in [3.8, 4) is 5.75 Å². The molecule has 13 heteroatoms. The number of methoxy groups -OCH3 is 1. The Bertz CT molecular complexity index is 1040. The van der Waals surface area contributed by atoms with Crippen LogP contribution in [0, 0.1) is 0 Å². The lowest BCUT2D eigenvalue weighted by atomic mass is 9.98. The van der Waals surface area contributed by atoms with E-state index in [1.54, 1.807) is 45.0 Å². The minimum absolute atomic E-state index is 0.0486. The topological polar surface area (TPSA) is 155 Å². The highest BCUT2D eigenvalue weighted by Crippen LogP contribution is 2.30. The van der Waals surface area contributed by atoms with Gasteiger partial charge in [-0.05, 0) is 51.0 Å². The molecule has 0 radical (unpaired) electrons. The summed E-state index contributed by atoms with van der Waals surface area (Å²) in [6, 6.07) is 3.66. The lowest BCUT2D eigenvalue weighted by molar-refractivity contribution is -0.170. The first-order valence-corrected chi connectivity index (χ1v) is 12.3. The highest BCUT2D eigenvalue weighted by atomic mass is 32.2. The second-order valence-corrected chi connectivity index (χ2v) is 10.4. The quantitative estimate of drug-likeness (QED) is 0.149. The van der Waals surface area contributed by atoms with E-state index in [4.69, 9.17) is 9.47 Å². The predicted molar refractivity (Wildman–Crippen MR) is 133 cm³/mol. The third kappa shape index (κ3) is 7.28. The Labute approximate surface area is 212 Å². The summed E-state index contributed by atoms with van der Waals surface area (Å²) in [6.45, 7) is 10.3. The molecule has 1 aliphatic heterocycles. The van der Waals surface area contributed by atoms with E-state index in [1.807, 2.05) is 0 Å². The summed E-state index contributed by atoms with van der Waals surface area (Å²) < 4.78 is 23.6. The van der Waals surface area contributed by atoms with Gasteiger partial charge in [0.15, 0.2) is 11.4 Å². The number of benzene rings is 1. The van der Waals surface area contributed by atoms with Gasteiger partial charge in [0, 0.05) is 7.05 Å². The van der Waals surface area contributed by atoms with Crippen LogP contribution >= 0.6 is 0 Å². The minimum atomic E-state index is -2.12. The Hall–Kier alpha value is -3.45. The van der Waals surface area contributed by atoms with E-state index in [9.17, 15) is 23.4 Å². The van der Waals surface area contributed by atoms with Crippen molar-refractivity contribution in [1.29, 1.82) is 0 Å². The summed E-state index contributed by atoms with van der Waals surface area (Å²) in [6.07, 6.45) is -0.0486. The van der Waals surface area contributed by atoms with Gasteiger partial charge in [-0.15, -0.1) is 4.83 Å². The molecule has 1 aliphatic rings. The molecule has 1 aromatic rings. The Morgan fingerprint density at radius 3 is 2.31 bits per heavy atom. The molecule has 4 N–H and O–H groups in total. The van der Waals surface area contributed by atoms with Crippen LogP contribution in [0.4, 0.5) is 4.79 Å². The summed E-state index contributed by atoms with van der Waals surface area (Å²) in [7, 11) is 0.766. The molecule has 2 rings (SSSR count). The number of hydrazine groups is 1. The maximum Gasteiger partial charge on any atom is 0.333 e. The SMILES string of the molecule is C=C(C)C(C(=O)OC(C)(C)C)N1C(=O)C(NC(=O)Cc2ccc(OC)cc2)C1S(=O)NNC(=O)NC. The maximum absolute atomic E-state index is 13.1. The monoisotopic (exact) mass is 523 g/mol. The predicted octanol–water partition coefficient (Wildman–Crippen LogP) is 0.275. The summed E-state index contributed by atoms with van der Waals surface area (Å²) in [5, 5.41) is 3.66. The van der Waals surface area contributed by atoms with Crippen LogP contribution in [0.3, 0.4) is 0 Å². The molecule has 1 fully saturated rings. The molecule has 1 aromatic carbocycles. The van der Waals surface area contributed by atoms with Gasteiger partial charge in [0.25, 0.3) is 0 Å². The van der Waals surface area contributed by atoms with Crippen molar-refractivity contribution in [3.05, 3.63) is 42.0 Å². The number of esters is 1. The summed E-state index contributed by atoms with van der Waals surface area (Å²) in [5.74, 6) is -1.27. The van der Waals surface area contributed by atoms with Gasteiger partial charge < -0.3 is 25.0 Å². The lowest BCUT2D eigenvalue weighted by Gasteiger charge is -2.49. The van der Waals surface area contributed by atoms with E-state index in [0.29, 0.717) is 11.3 Å². The van der Waals surface area contributed by atoms with E-state index < -0.39 is 57.9 Å². The van der Waals surface area contributed by atoms with Crippen LogP contribution in [0.1, 0.15) is 33.3 Å². The largest absolute Gasteiger partial charge is 0.497 e. The number of nitrogens with zero attached hydrogens (tertiary/aromatic N) is 1. The number of likely N-dealkylation sites (tertiary alicyclic amines) is 1. The van der Waals surface area contributed by atoms with Crippen LogP contribution in [-0.4, -0.2) is 70.1 Å². The van der Waals surface area contributed by atoms with E-state index in [0.717, 1.165) is 4.90 Å². The van der Waals surface area contributed by atoms with Crippen molar-refractivity contribution in [1.82, 2.24) is 25.8 Å². The van der Waals surface area contributed by atoms with Crippen LogP contribution in [0.5, 0.6) is 5.75 Å². The minimum Gasteiger partial charge on any atom is -0.497 e. The average molecular weight is 524 g/mol. The average Bonchev–Trinajstić information content (AvgIpc) is 2.80. The number of hydrogen-bond acceptors (Lipinski definition) is 7. The number of hydrogen-bond donors (Lipinski definition) is 4. The van der Waals surface area contributed by atoms with Crippen LogP contribution < -0.4 is 25.6 Å². The molecule has 4 unspecified atom stereocenters. The van der Waals surface area contributed by atoms with Gasteiger partial charge in [0.1, 0.15) is 28.4 Å². The van der Waals surface area contributed by atoms with E-state index in [2.05, 4.69) is 27.5 Å². The third-order valence-electron chi connectivity index (χ3n) is 5.01. The number of amides is 4.